The second kappa shape index (κ2) is 8.49. The number of benzene rings is 1. The van der Waals surface area contributed by atoms with Gasteiger partial charge in [-0.05, 0) is 57.5 Å². The number of amides is 1. The molecule has 1 fully saturated rings. The monoisotopic (exact) mass is 401 g/mol. The zero-order valence-electron chi connectivity index (χ0n) is 16.5. The van der Waals surface area contributed by atoms with Crippen molar-refractivity contribution in [1.29, 1.82) is 0 Å². The minimum absolute atomic E-state index is 0.113. The lowest BCUT2D eigenvalue weighted by atomic mass is 9.95. The van der Waals surface area contributed by atoms with Crippen molar-refractivity contribution in [2.24, 2.45) is 5.92 Å². The molecule has 1 amide bonds. The summed E-state index contributed by atoms with van der Waals surface area (Å²) < 4.78 is 10.8. The van der Waals surface area contributed by atoms with Crippen LogP contribution in [0.4, 0.5) is 0 Å². The molecule has 7 heteroatoms. The lowest BCUT2D eigenvalue weighted by molar-refractivity contribution is -0.137. The molecular formula is C21H27N3O3S. The highest BCUT2D eigenvalue weighted by molar-refractivity contribution is 7.09. The van der Waals surface area contributed by atoms with Crippen LogP contribution in [0.1, 0.15) is 36.0 Å². The predicted molar refractivity (Wildman–Crippen MR) is 109 cm³/mol. The average molecular weight is 402 g/mol. The fraction of sp³-hybridized carbons (Fsp3) is 0.524. The van der Waals surface area contributed by atoms with Gasteiger partial charge in [-0.15, -0.1) is 11.3 Å². The molecule has 1 aromatic carbocycles. The molecule has 2 aliphatic rings. The Balaban J connectivity index is 1.31. The molecule has 0 spiro atoms. The van der Waals surface area contributed by atoms with E-state index >= 15 is 0 Å². The molecule has 2 aromatic rings. The van der Waals surface area contributed by atoms with Crippen molar-refractivity contribution in [3.8, 4) is 11.5 Å². The van der Waals surface area contributed by atoms with E-state index in [2.05, 4.69) is 15.3 Å². The van der Waals surface area contributed by atoms with E-state index < -0.39 is 0 Å². The lowest BCUT2D eigenvalue weighted by Gasteiger charge is -2.33. The van der Waals surface area contributed by atoms with Crippen molar-refractivity contribution in [2.45, 2.75) is 39.8 Å². The van der Waals surface area contributed by atoms with Gasteiger partial charge in [-0.25, -0.2) is 4.98 Å². The largest absolute Gasteiger partial charge is 0.454 e. The molecule has 4 rings (SSSR count). The van der Waals surface area contributed by atoms with Crippen LogP contribution in [-0.2, 0) is 17.9 Å². The maximum absolute atomic E-state index is 13.1. The maximum Gasteiger partial charge on any atom is 0.231 e. The van der Waals surface area contributed by atoms with Crippen molar-refractivity contribution >= 4 is 17.2 Å². The number of fused-ring (bicyclic) bond motifs is 1. The molecule has 2 aliphatic heterocycles. The van der Waals surface area contributed by atoms with Gasteiger partial charge in [0.2, 0.25) is 12.7 Å². The van der Waals surface area contributed by atoms with Gasteiger partial charge in [0.25, 0.3) is 0 Å². The Hall–Kier alpha value is -2.12. The van der Waals surface area contributed by atoms with Gasteiger partial charge in [0, 0.05) is 30.9 Å². The van der Waals surface area contributed by atoms with Crippen LogP contribution in [0.3, 0.4) is 0 Å². The summed E-state index contributed by atoms with van der Waals surface area (Å²) in [5, 5.41) is 3.25. The number of aryl methyl sites for hydroxylation is 1. The summed E-state index contributed by atoms with van der Waals surface area (Å²) in [5.74, 6) is 1.93. The van der Waals surface area contributed by atoms with Crippen molar-refractivity contribution in [2.75, 3.05) is 26.4 Å². The lowest BCUT2D eigenvalue weighted by Crippen LogP contribution is -2.42. The number of rotatable bonds is 6. The zero-order chi connectivity index (χ0) is 19.5. The van der Waals surface area contributed by atoms with Gasteiger partial charge < -0.3 is 14.4 Å². The molecule has 28 heavy (non-hydrogen) atoms. The number of carbonyl (C=O) groups excluding carboxylic acids is 1. The normalized spacial score (nSPS) is 17.1. The Morgan fingerprint density at radius 1 is 1.29 bits per heavy atom. The van der Waals surface area contributed by atoms with Crippen LogP contribution in [0.25, 0.3) is 0 Å². The van der Waals surface area contributed by atoms with E-state index in [0.717, 1.165) is 60.2 Å². The van der Waals surface area contributed by atoms with Crippen LogP contribution in [0.5, 0.6) is 11.5 Å². The second-order valence-electron chi connectivity index (χ2n) is 7.45. The Morgan fingerprint density at radius 2 is 2.07 bits per heavy atom. The number of hydrogen-bond acceptors (Lipinski definition) is 6. The SMILES string of the molecule is CCN(Cc1ccc2c(c1)OCO2)C(=O)C1CCN(Cc2csc(C)n2)CC1. The van der Waals surface area contributed by atoms with Crippen molar-refractivity contribution in [1.82, 2.24) is 14.8 Å². The summed E-state index contributed by atoms with van der Waals surface area (Å²) in [5.41, 5.74) is 2.22. The third-order valence-electron chi connectivity index (χ3n) is 5.49. The minimum atomic E-state index is 0.113. The number of carbonyl (C=O) groups is 1. The molecule has 0 radical (unpaired) electrons. The summed E-state index contributed by atoms with van der Waals surface area (Å²) in [6.07, 6.45) is 1.83. The summed E-state index contributed by atoms with van der Waals surface area (Å²) in [6.45, 7) is 8.48. The molecule has 1 saturated heterocycles. The van der Waals surface area contributed by atoms with Gasteiger partial charge in [-0.3, -0.25) is 9.69 Å². The molecule has 6 nitrogen and oxygen atoms in total. The highest BCUT2D eigenvalue weighted by Crippen LogP contribution is 2.33. The van der Waals surface area contributed by atoms with E-state index in [-0.39, 0.29) is 18.6 Å². The number of thiazole rings is 1. The van der Waals surface area contributed by atoms with Crippen molar-refractivity contribution in [3.63, 3.8) is 0 Å². The Bertz CT molecular complexity index is 830. The Labute approximate surface area is 170 Å². The first kappa shape index (κ1) is 19.2. The molecule has 0 atom stereocenters. The highest BCUT2D eigenvalue weighted by atomic mass is 32.1. The second-order valence-corrected chi connectivity index (χ2v) is 8.51. The first-order valence-corrected chi connectivity index (χ1v) is 10.8. The summed E-state index contributed by atoms with van der Waals surface area (Å²) in [7, 11) is 0. The van der Waals surface area contributed by atoms with E-state index in [1.54, 1.807) is 11.3 Å². The van der Waals surface area contributed by atoms with E-state index in [9.17, 15) is 4.79 Å². The van der Waals surface area contributed by atoms with Crippen LogP contribution in [-0.4, -0.2) is 47.1 Å². The quantitative estimate of drug-likeness (QED) is 0.742. The predicted octanol–water partition coefficient (Wildman–Crippen LogP) is 3.44. The summed E-state index contributed by atoms with van der Waals surface area (Å²) in [4.78, 5) is 22.0. The standard InChI is InChI=1S/C21H27N3O3S/c1-3-24(11-16-4-5-19-20(10-16)27-14-26-19)21(25)17-6-8-23(9-7-17)12-18-13-28-15(2)22-18/h4-5,10,13,17H,3,6-9,11-12,14H2,1-2H3. The number of aromatic nitrogens is 1. The number of nitrogens with zero attached hydrogens (tertiary/aromatic N) is 3. The molecule has 1 aromatic heterocycles. The van der Waals surface area contributed by atoms with Crippen LogP contribution < -0.4 is 9.47 Å². The molecule has 3 heterocycles. The number of likely N-dealkylation sites (tertiary alicyclic amines) is 1. The maximum atomic E-state index is 13.1. The van der Waals surface area contributed by atoms with E-state index in [0.29, 0.717) is 13.1 Å². The highest BCUT2D eigenvalue weighted by Gasteiger charge is 2.28. The number of ether oxygens (including phenoxy) is 2. The van der Waals surface area contributed by atoms with Crippen molar-refractivity contribution in [3.05, 3.63) is 39.8 Å². The molecule has 0 aliphatic carbocycles. The third kappa shape index (κ3) is 4.31. The molecular weight excluding hydrogens is 374 g/mol. The topological polar surface area (TPSA) is 54.9 Å². The van der Waals surface area contributed by atoms with Crippen LogP contribution >= 0.6 is 11.3 Å². The van der Waals surface area contributed by atoms with Gasteiger partial charge in [0.1, 0.15) is 0 Å². The fourth-order valence-corrected chi connectivity index (χ4v) is 4.52. The molecule has 0 N–H and O–H groups in total. The summed E-state index contributed by atoms with van der Waals surface area (Å²) >= 11 is 1.70. The fourth-order valence-electron chi connectivity index (χ4n) is 3.91. The Morgan fingerprint density at radius 3 is 2.79 bits per heavy atom. The molecule has 0 bridgehead atoms. The van der Waals surface area contributed by atoms with Gasteiger partial charge in [0.15, 0.2) is 11.5 Å². The number of piperidine rings is 1. The minimum Gasteiger partial charge on any atom is -0.454 e. The average Bonchev–Trinajstić information content (AvgIpc) is 3.34. The molecule has 150 valence electrons. The van der Waals surface area contributed by atoms with Gasteiger partial charge >= 0.3 is 0 Å². The van der Waals surface area contributed by atoms with Crippen LogP contribution in [0.2, 0.25) is 0 Å². The van der Waals surface area contributed by atoms with Gasteiger partial charge in [-0.2, -0.15) is 0 Å². The molecule has 0 unspecified atom stereocenters. The zero-order valence-corrected chi connectivity index (χ0v) is 17.3. The third-order valence-corrected chi connectivity index (χ3v) is 6.32. The Kier molecular flexibility index (Phi) is 5.82. The van der Waals surface area contributed by atoms with Gasteiger partial charge in [0.05, 0.1) is 10.7 Å². The first-order valence-electron chi connectivity index (χ1n) is 9.93. The van der Waals surface area contributed by atoms with Gasteiger partial charge in [-0.1, -0.05) is 6.07 Å². The van der Waals surface area contributed by atoms with E-state index in [1.165, 1.54) is 0 Å². The van der Waals surface area contributed by atoms with Crippen LogP contribution in [0.15, 0.2) is 23.6 Å². The van der Waals surface area contributed by atoms with E-state index in [4.69, 9.17) is 9.47 Å². The van der Waals surface area contributed by atoms with Crippen molar-refractivity contribution < 1.29 is 14.3 Å². The van der Waals surface area contributed by atoms with Crippen LogP contribution in [0, 0.1) is 12.8 Å². The number of hydrogen-bond donors (Lipinski definition) is 0. The van der Waals surface area contributed by atoms with E-state index in [1.807, 2.05) is 36.9 Å². The summed E-state index contributed by atoms with van der Waals surface area (Å²) in [6, 6.07) is 5.92. The molecule has 0 saturated carbocycles. The smallest absolute Gasteiger partial charge is 0.231 e. The first-order chi connectivity index (χ1) is 13.6.